The van der Waals surface area contributed by atoms with Crippen molar-refractivity contribution in [3.63, 3.8) is 0 Å². The van der Waals surface area contributed by atoms with Gasteiger partial charge in [0.25, 0.3) is 0 Å². The first kappa shape index (κ1) is 10.4. The summed E-state index contributed by atoms with van der Waals surface area (Å²) in [5.41, 5.74) is 0.940. The number of halogens is 1. The molecule has 80 valence electrons. The number of anilines is 1. The Morgan fingerprint density at radius 2 is 2.13 bits per heavy atom. The number of hydrogen-bond acceptors (Lipinski definition) is 3. The number of nitrogens with zero attached hydrogens (tertiary/aromatic N) is 4. The zero-order valence-corrected chi connectivity index (χ0v) is 10.7. The normalized spacial score (nSPS) is 12.0. The molecule has 0 bridgehead atoms. The van der Waals surface area contributed by atoms with Crippen LogP contribution in [-0.2, 0) is 0 Å². The molecule has 0 N–H and O–H groups in total. The van der Waals surface area contributed by atoms with Crippen LogP contribution in [0.25, 0.3) is 5.52 Å². The minimum atomic E-state index is -1.60. The average molecular weight is 241 g/mol. The third kappa shape index (κ3) is 1.84. The van der Waals surface area contributed by atoms with Crippen LogP contribution in [0.15, 0.2) is 24.7 Å². The molecule has 0 saturated heterocycles. The molecular weight excluding hydrogens is 228 g/mol. The lowest BCUT2D eigenvalue weighted by Gasteiger charge is -2.27. The molecule has 0 aliphatic rings. The first-order chi connectivity index (χ1) is 7.00. The predicted molar refractivity (Wildman–Crippen MR) is 64.7 cm³/mol. The van der Waals surface area contributed by atoms with E-state index in [4.69, 9.17) is 11.8 Å². The van der Waals surface area contributed by atoms with Crippen molar-refractivity contribution in [2.45, 2.75) is 19.6 Å². The van der Waals surface area contributed by atoms with E-state index in [9.17, 15) is 0 Å². The number of aromatic nitrogens is 3. The molecule has 0 radical (unpaired) electrons. The lowest BCUT2D eigenvalue weighted by atomic mass is 10.5. The Morgan fingerprint density at radius 3 is 2.80 bits per heavy atom. The molecule has 6 heteroatoms. The topological polar surface area (TPSA) is 33.4 Å². The van der Waals surface area contributed by atoms with Gasteiger partial charge in [0.05, 0.1) is 0 Å². The van der Waals surface area contributed by atoms with Gasteiger partial charge in [-0.25, -0.2) is 9.50 Å². The highest BCUT2D eigenvalue weighted by Gasteiger charge is 2.25. The molecule has 0 atom stereocenters. The fourth-order valence-corrected chi connectivity index (χ4v) is 2.26. The Kier molecular flexibility index (Phi) is 2.44. The van der Waals surface area contributed by atoms with Gasteiger partial charge in [-0.1, -0.05) is 19.6 Å². The Bertz CT molecular complexity index is 476. The quantitative estimate of drug-likeness (QED) is 0.598. The third-order valence-electron chi connectivity index (χ3n) is 2.09. The van der Waals surface area contributed by atoms with Gasteiger partial charge in [-0.15, -0.1) is 0 Å². The van der Waals surface area contributed by atoms with Gasteiger partial charge in [-0.05, 0) is 12.1 Å². The second-order valence-corrected chi connectivity index (χ2v) is 9.78. The van der Waals surface area contributed by atoms with Gasteiger partial charge in [-0.2, -0.15) is 5.10 Å². The van der Waals surface area contributed by atoms with Gasteiger partial charge in [0.15, 0.2) is 14.1 Å². The number of hydrogen-bond donors (Lipinski definition) is 0. The number of rotatable bonds is 2. The molecule has 15 heavy (non-hydrogen) atoms. The molecule has 0 fully saturated rings. The van der Waals surface area contributed by atoms with E-state index in [1.54, 1.807) is 8.60 Å². The van der Waals surface area contributed by atoms with Gasteiger partial charge in [0, 0.05) is 18.0 Å². The molecular formula is C9H13ClN4Si. The van der Waals surface area contributed by atoms with Crippen LogP contribution in [0.1, 0.15) is 0 Å². The summed E-state index contributed by atoms with van der Waals surface area (Å²) in [5.74, 6) is 0.788. The average Bonchev–Trinajstić information content (AvgIpc) is 2.62. The molecule has 2 aromatic rings. The van der Waals surface area contributed by atoms with E-state index in [0.717, 1.165) is 11.3 Å². The van der Waals surface area contributed by atoms with E-state index in [-0.39, 0.29) is 0 Å². The summed E-state index contributed by atoms with van der Waals surface area (Å²) in [5, 5.41) is 4.10. The van der Waals surface area contributed by atoms with Gasteiger partial charge in [0.2, 0.25) is 0 Å². The third-order valence-corrected chi connectivity index (χ3v) is 5.16. The summed E-state index contributed by atoms with van der Waals surface area (Å²) in [6, 6.07) is 3.90. The van der Waals surface area contributed by atoms with Gasteiger partial charge >= 0.3 is 0 Å². The maximum absolute atomic E-state index is 6.31. The standard InChI is InChI=1S/C9H13ClN4Si/c1-15(2,3)14(10)9-8-5-4-6-13(8)12-7-11-9/h4-7H,1-3H3. The van der Waals surface area contributed by atoms with Crippen molar-refractivity contribution in [1.29, 1.82) is 0 Å². The smallest absolute Gasteiger partial charge is 0.169 e. The van der Waals surface area contributed by atoms with Crippen molar-refractivity contribution in [2.75, 3.05) is 4.08 Å². The van der Waals surface area contributed by atoms with E-state index in [0.29, 0.717) is 0 Å². The highest BCUT2D eigenvalue weighted by molar-refractivity contribution is 6.86. The summed E-state index contributed by atoms with van der Waals surface area (Å²) >= 11 is 6.31. The van der Waals surface area contributed by atoms with Crippen molar-refractivity contribution in [3.8, 4) is 0 Å². The summed E-state index contributed by atoms with van der Waals surface area (Å²) in [6.45, 7) is 6.50. The SMILES string of the molecule is C[Si](C)(C)N(Cl)c1ncnn2cccc12. The van der Waals surface area contributed by atoms with Gasteiger partial charge in [-0.3, -0.25) is 4.08 Å². The van der Waals surface area contributed by atoms with Gasteiger partial charge in [0.1, 0.15) is 11.8 Å². The highest BCUT2D eigenvalue weighted by atomic mass is 35.5. The highest BCUT2D eigenvalue weighted by Crippen LogP contribution is 2.25. The molecule has 0 amide bonds. The molecule has 0 aliphatic heterocycles. The predicted octanol–water partition coefficient (Wildman–Crippen LogP) is 2.52. The van der Waals surface area contributed by atoms with Crippen LogP contribution in [-0.4, -0.2) is 22.8 Å². The molecule has 0 aliphatic carbocycles. The Hall–Kier alpha value is -1.07. The largest absolute Gasteiger partial charge is 0.297 e. The second kappa shape index (κ2) is 3.50. The minimum Gasteiger partial charge on any atom is -0.297 e. The van der Waals surface area contributed by atoms with Crippen molar-refractivity contribution < 1.29 is 0 Å². The molecule has 2 aromatic heterocycles. The molecule has 0 spiro atoms. The van der Waals surface area contributed by atoms with Crippen LogP contribution in [0.4, 0.5) is 5.82 Å². The lowest BCUT2D eigenvalue weighted by Crippen LogP contribution is -2.40. The molecule has 2 heterocycles. The molecule has 0 aromatic carbocycles. The van der Waals surface area contributed by atoms with E-state index in [1.165, 1.54) is 6.33 Å². The van der Waals surface area contributed by atoms with Crippen molar-refractivity contribution >= 4 is 31.3 Å². The van der Waals surface area contributed by atoms with Crippen LogP contribution < -0.4 is 4.08 Å². The molecule has 0 unspecified atom stereocenters. The van der Waals surface area contributed by atoms with Crippen LogP contribution in [0.3, 0.4) is 0 Å². The minimum absolute atomic E-state index is 0.788. The summed E-state index contributed by atoms with van der Waals surface area (Å²) < 4.78 is 3.54. The van der Waals surface area contributed by atoms with Crippen LogP contribution in [0.2, 0.25) is 19.6 Å². The molecule has 2 rings (SSSR count). The first-order valence-corrected chi connectivity index (χ1v) is 8.53. The van der Waals surface area contributed by atoms with E-state index < -0.39 is 8.24 Å². The second-order valence-electron chi connectivity index (χ2n) is 4.37. The van der Waals surface area contributed by atoms with Crippen LogP contribution in [0.5, 0.6) is 0 Å². The Balaban J connectivity index is 2.56. The van der Waals surface area contributed by atoms with E-state index >= 15 is 0 Å². The van der Waals surface area contributed by atoms with E-state index in [1.807, 2.05) is 18.3 Å². The lowest BCUT2D eigenvalue weighted by molar-refractivity contribution is 0.903. The van der Waals surface area contributed by atoms with Crippen LogP contribution in [0, 0.1) is 0 Å². The van der Waals surface area contributed by atoms with Crippen molar-refractivity contribution in [1.82, 2.24) is 14.6 Å². The Morgan fingerprint density at radius 1 is 1.40 bits per heavy atom. The summed E-state index contributed by atoms with van der Waals surface area (Å²) in [6.07, 6.45) is 3.41. The number of fused-ring (bicyclic) bond motifs is 1. The van der Waals surface area contributed by atoms with Gasteiger partial charge < -0.3 is 0 Å². The van der Waals surface area contributed by atoms with E-state index in [2.05, 4.69) is 29.7 Å². The maximum Gasteiger partial charge on any atom is 0.169 e. The summed E-state index contributed by atoms with van der Waals surface area (Å²) in [7, 11) is -1.60. The van der Waals surface area contributed by atoms with Crippen molar-refractivity contribution in [2.24, 2.45) is 0 Å². The first-order valence-electron chi connectivity index (χ1n) is 4.74. The fraction of sp³-hybridized carbons (Fsp3) is 0.333. The molecule has 4 nitrogen and oxygen atoms in total. The zero-order chi connectivity index (χ0) is 11.1. The summed E-state index contributed by atoms with van der Waals surface area (Å²) in [4.78, 5) is 4.24. The molecule has 0 saturated carbocycles. The van der Waals surface area contributed by atoms with Crippen molar-refractivity contribution in [3.05, 3.63) is 24.7 Å². The maximum atomic E-state index is 6.31. The Labute approximate surface area is 94.7 Å². The fourth-order valence-electron chi connectivity index (χ4n) is 1.32. The van der Waals surface area contributed by atoms with Crippen LogP contribution >= 0.6 is 11.8 Å². The monoisotopic (exact) mass is 240 g/mol. The zero-order valence-electron chi connectivity index (χ0n) is 8.98.